The van der Waals surface area contributed by atoms with Crippen molar-refractivity contribution in [3.63, 3.8) is 0 Å². The number of aromatic hydroxyl groups is 1. The van der Waals surface area contributed by atoms with Crippen LogP contribution in [0, 0.1) is 0 Å². The number of thioether (sulfide) groups is 1. The summed E-state index contributed by atoms with van der Waals surface area (Å²) < 4.78 is 11.1. The van der Waals surface area contributed by atoms with Gasteiger partial charge in [-0.05, 0) is 42.3 Å². The van der Waals surface area contributed by atoms with Gasteiger partial charge in [-0.25, -0.2) is 0 Å². The third-order valence-corrected chi connectivity index (χ3v) is 6.20. The van der Waals surface area contributed by atoms with Gasteiger partial charge in [0.05, 0.1) is 10.5 Å². The largest absolute Gasteiger partial charge is 0.507 e. The molecule has 0 unspecified atom stereocenters. The molecular formula is C22H19N3O6S2. The van der Waals surface area contributed by atoms with E-state index < -0.39 is 11.8 Å². The maximum atomic E-state index is 12.7. The molecule has 0 saturated carbocycles. The maximum Gasteiger partial charge on any atom is 0.273 e. The molecule has 3 amide bonds. The molecule has 0 spiro atoms. The Morgan fingerprint density at radius 1 is 1.15 bits per heavy atom. The van der Waals surface area contributed by atoms with Crippen LogP contribution in [0.5, 0.6) is 17.2 Å². The Bertz CT molecular complexity index is 1170. The van der Waals surface area contributed by atoms with Gasteiger partial charge in [-0.2, -0.15) is 0 Å². The predicted molar refractivity (Wildman–Crippen MR) is 125 cm³/mol. The van der Waals surface area contributed by atoms with E-state index in [0.29, 0.717) is 27.1 Å². The number of carbonyl (C=O) groups is 3. The first-order valence-electron chi connectivity index (χ1n) is 9.94. The number of phenols is 1. The van der Waals surface area contributed by atoms with Crippen molar-refractivity contribution in [1.29, 1.82) is 0 Å². The number of thiocarbonyl (C=S) groups is 1. The van der Waals surface area contributed by atoms with Gasteiger partial charge in [-0.3, -0.25) is 30.1 Å². The van der Waals surface area contributed by atoms with Crippen LogP contribution in [0.4, 0.5) is 0 Å². The van der Waals surface area contributed by atoms with Crippen LogP contribution in [0.25, 0.3) is 6.08 Å². The lowest BCUT2D eigenvalue weighted by Gasteiger charge is -2.14. The van der Waals surface area contributed by atoms with Crippen LogP contribution < -0.4 is 20.3 Å². The summed E-state index contributed by atoms with van der Waals surface area (Å²) in [4.78, 5) is 38.7. The van der Waals surface area contributed by atoms with Gasteiger partial charge in [0, 0.05) is 13.0 Å². The monoisotopic (exact) mass is 485 g/mol. The third-order valence-electron chi connectivity index (χ3n) is 4.82. The third kappa shape index (κ3) is 5.26. The fourth-order valence-electron chi connectivity index (χ4n) is 3.17. The van der Waals surface area contributed by atoms with E-state index in [9.17, 15) is 19.5 Å². The topological polar surface area (TPSA) is 117 Å². The second kappa shape index (κ2) is 9.92. The Kier molecular flexibility index (Phi) is 6.80. The standard InChI is InChI=1S/C22H19N3O6S2/c26-15-5-2-1-4-14(15)20(28)24-23-19(27)6-3-9-25-21(29)18(33-22(25)32)11-13-7-8-16-17(10-13)31-12-30-16/h1-2,4-5,7-8,10-11,26H,3,6,9,12H2,(H,23,27)(H,24,28). The van der Waals surface area contributed by atoms with E-state index in [0.717, 1.165) is 5.56 Å². The lowest BCUT2D eigenvalue weighted by atomic mass is 10.2. The molecule has 0 radical (unpaired) electrons. The zero-order valence-electron chi connectivity index (χ0n) is 17.2. The zero-order valence-corrected chi connectivity index (χ0v) is 18.8. The van der Waals surface area contributed by atoms with E-state index >= 15 is 0 Å². The summed E-state index contributed by atoms with van der Waals surface area (Å²) in [5.74, 6) is -0.190. The Morgan fingerprint density at radius 2 is 1.94 bits per heavy atom. The number of phenolic OH excluding ortho intramolecular Hbond substituents is 1. The molecule has 2 aromatic rings. The van der Waals surface area contributed by atoms with Gasteiger partial charge in [0.25, 0.3) is 11.8 Å². The highest BCUT2D eigenvalue weighted by molar-refractivity contribution is 8.26. The summed E-state index contributed by atoms with van der Waals surface area (Å²) in [6.07, 6.45) is 2.16. The summed E-state index contributed by atoms with van der Waals surface area (Å²) in [7, 11) is 0. The fourth-order valence-corrected chi connectivity index (χ4v) is 4.48. The minimum atomic E-state index is -0.632. The number of carbonyl (C=O) groups excluding carboxylic acids is 3. The predicted octanol–water partition coefficient (Wildman–Crippen LogP) is 2.56. The molecule has 2 aliphatic heterocycles. The van der Waals surface area contributed by atoms with E-state index in [1.807, 2.05) is 6.07 Å². The summed E-state index contributed by atoms with van der Waals surface area (Å²) in [6, 6.07) is 11.4. The molecule has 33 heavy (non-hydrogen) atoms. The van der Waals surface area contributed by atoms with Gasteiger partial charge < -0.3 is 14.6 Å². The molecule has 0 aliphatic carbocycles. The van der Waals surface area contributed by atoms with Crippen LogP contribution >= 0.6 is 24.0 Å². The highest BCUT2D eigenvalue weighted by Gasteiger charge is 2.31. The fraction of sp³-hybridized carbons (Fsp3) is 0.182. The van der Waals surface area contributed by atoms with E-state index in [1.165, 1.54) is 28.8 Å². The van der Waals surface area contributed by atoms with E-state index in [4.69, 9.17) is 21.7 Å². The molecule has 3 N–H and O–H groups in total. The highest BCUT2D eigenvalue weighted by Crippen LogP contribution is 2.36. The smallest absolute Gasteiger partial charge is 0.273 e. The number of amides is 3. The molecular weight excluding hydrogens is 466 g/mol. The molecule has 0 bridgehead atoms. The van der Waals surface area contributed by atoms with Crippen LogP contribution in [-0.4, -0.2) is 45.4 Å². The second-order valence-corrected chi connectivity index (χ2v) is 8.74. The van der Waals surface area contributed by atoms with Crippen LogP contribution in [-0.2, 0) is 9.59 Å². The number of nitrogens with one attached hydrogen (secondary N) is 2. The van der Waals surface area contributed by atoms with Crippen molar-refractivity contribution >= 4 is 52.1 Å². The molecule has 11 heteroatoms. The SMILES string of the molecule is O=C(CCCN1C(=O)C(=Cc2ccc3c(c2)OCO3)SC1=S)NNC(=O)c1ccccc1O. The van der Waals surface area contributed by atoms with Gasteiger partial charge in [-0.1, -0.05) is 42.2 Å². The number of hydrazine groups is 1. The summed E-state index contributed by atoms with van der Waals surface area (Å²) in [6.45, 7) is 0.441. The normalized spacial score (nSPS) is 15.8. The number of ether oxygens (including phenoxy) is 2. The first kappa shape index (κ1) is 22.6. The van der Waals surface area contributed by atoms with Crippen molar-refractivity contribution in [1.82, 2.24) is 15.8 Å². The molecule has 2 heterocycles. The first-order valence-corrected chi connectivity index (χ1v) is 11.2. The first-order chi connectivity index (χ1) is 15.9. The van der Waals surface area contributed by atoms with Crippen molar-refractivity contribution in [2.75, 3.05) is 13.3 Å². The molecule has 170 valence electrons. The summed E-state index contributed by atoms with van der Waals surface area (Å²) in [5, 5.41) is 9.67. The number of hydrogen-bond acceptors (Lipinski definition) is 8. The van der Waals surface area contributed by atoms with Crippen LogP contribution in [0.15, 0.2) is 47.4 Å². The summed E-state index contributed by atoms with van der Waals surface area (Å²) in [5.41, 5.74) is 5.38. The van der Waals surface area contributed by atoms with Crippen molar-refractivity contribution < 1.29 is 29.0 Å². The van der Waals surface area contributed by atoms with Gasteiger partial charge in [0.2, 0.25) is 12.7 Å². The number of benzene rings is 2. The van der Waals surface area contributed by atoms with Gasteiger partial charge >= 0.3 is 0 Å². The minimum absolute atomic E-state index is 0.0459. The average Bonchev–Trinajstić information content (AvgIpc) is 3.37. The van der Waals surface area contributed by atoms with E-state index in [-0.39, 0.29) is 37.0 Å². The molecule has 2 aliphatic rings. The Balaban J connectivity index is 1.26. The molecule has 4 rings (SSSR count). The summed E-state index contributed by atoms with van der Waals surface area (Å²) >= 11 is 6.52. The van der Waals surface area contributed by atoms with Crippen LogP contribution in [0.2, 0.25) is 0 Å². The highest BCUT2D eigenvalue weighted by atomic mass is 32.2. The van der Waals surface area contributed by atoms with Crippen molar-refractivity contribution in [2.45, 2.75) is 12.8 Å². The second-order valence-electron chi connectivity index (χ2n) is 7.07. The Morgan fingerprint density at radius 3 is 2.76 bits per heavy atom. The van der Waals surface area contributed by atoms with Crippen molar-refractivity contribution in [3.05, 3.63) is 58.5 Å². The number of nitrogens with zero attached hydrogens (tertiary/aromatic N) is 1. The molecule has 0 atom stereocenters. The van der Waals surface area contributed by atoms with Crippen molar-refractivity contribution in [2.24, 2.45) is 0 Å². The van der Waals surface area contributed by atoms with E-state index in [2.05, 4.69) is 10.9 Å². The molecule has 1 fully saturated rings. The quantitative estimate of drug-likeness (QED) is 0.325. The van der Waals surface area contributed by atoms with Crippen LogP contribution in [0.3, 0.4) is 0 Å². The number of hydrogen-bond donors (Lipinski definition) is 3. The van der Waals surface area contributed by atoms with Crippen LogP contribution in [0.1, 0.15) is 28.8 Å². The number of fused-ring (bicyclic) bond motifs is 1. The lowest BCUT2D eigenvalue weighted by molar-refractivity contribution is -0.124. The van der Waals surface area contributed by atoms with Gasteiger partial charge in [-0.15, -0.1) is 0 Å². The molecule has 0 aromatic heterocycles. The zero-order chi connectivity index (χ0) is 23.4. The Labute approximate surface area is 198 Å². The maximum absolute atomic E-state index is 12.7. The lowest BCUT2D eigenvalue weighted by Crippen LogP contribution is -2.42. The Hall–Kier alpha value is -3.57. The molecule has 9 nitrogen and oxygen atoms in total. The molecule has 2 aromatic carbocycles. The van der Waals surface area contributed by atoms with Gasteiger partial charge in [0.1, 0.15) is 10.1 Å². The molecule has 1 saturated heterocycles. The number of para-hydroxylation sites is 1. The van der Waals surface area contributed by atoms with E-state index in [1.54, 1.807) is 30.3 Å². The number of rotatable bonds is 6. The minimum Gasteiger partial charge on any atom is -0.507 e. The average molecular weight is 486 g/mol. The van der Waals surface area contributed by atoms with Crippen molar-refractivity contribution in [3.8, 4) is 17.2 Å². The van der Waals surface area contributed by atoms with Gasteiger partial charge in [0.15, 0.2) is 11.5 Å².